The molecule has 0 aliphatic rings. The fourth-order valence-electron chi connectivity index (χ4n) is 3.04. The van der Waals surface area contributed by atoms with Crippen LogP contribution in [-0.4, -0.2) is 46.1 Å². The molecule has 0 radical (unpaired) electrons. The molecule has 0 spiro atoms. The van der Waals surface area contributed by atoms with E-state index in [1.807, 2.05) is 24.5 Å². The summed E-state index contributed by atoms with van der Waals surface area (Å²) in [6.45, 7) is 8.29. The van der Waals surface area contributed by atoms with Crippen molar-refractivity contribution in [3.05, 3.63) is 47.9 Å². The molecular formula is C20H27N5O. The standard InChI is InChI=1S/C20H27N5O/c1-3-25(4-2)8-5-9-26-17-11-18-16(13-23-20(18)24-14-17)10-15-6-7-19(21)22-12-15/h6-7,11-14H,3-5,8-10H2,1-2H3,(H2,21,22)(H,23,24). The number of nitrogens with two attached hydrogens (primary N) is 1. The Hall–Kier alpha value is -2.60. The zero-order valence-corrected chi connectivity index (χ0v) is 15.5. The lowest BCUT2D eigenvalue weighted by Gasteiger charge is -2.17. The highest BCUT2D eigenvalue weighted by molar-refractivity contribution is 5.81. The molecule has 0 bridgehead atoms. The second-order valence-corrected chi connectivity index (χ2v) is 6.38. The summed E-state index contributed by atoms with van der Waals surface area (Å²) >= 11 is 0. The number of aromatic amines is 1. The molecular weight excluding hydrogens is 326 g/mol. The summed E-state index contributed by atoms with van der Waals surface area (Å²) in [7, 11) is 0. The molecule has 0 aliphatic carbocycles. The van der Waals surface area contributed by atoms with Gasteiger partial charge in [-0.2, -0.15) is 0 Å². The van der Waals surface area contributed by atoms with Gasteiger partial charge in [0.05, 0.1) is 12.8 Å². The average molecular weight is 353 g/mol. The van der Waals surface area contributed by atoms with Crippen LogP contribution in [0.3, 0.4) is 0 Å². The minimum Gasteiger partial charge on any atom is -0.492 e. The van der Waals surface area contributed by atoms with Crippen LogP contribution in [0, 0.1) is 0 Å². The van der Waals surface area contributed by atoms with Gasteiger partial charge in [-0.3, -0.25) is 0 Å². The molecule has 0 amide bonds. The van der Waals surface area contributed by atoms with Crippen molar-refractivity contribution in [1.29, 1.82) is 0 Å². The number of hydrogen-bond donors (Lipinski definition) is 2. The van der Waals surface area contributed by atoms with E-state index in [0.29, 0.717) is 12.4 Å². The van der Waals surface area contributed by atoms with Crippen molar-refractivity contribution < 1.29 is 4.74 Å². The Labute approximate surface area is 154 Å². The molecule has 0 unspecified atom stereocenters. The SMILES string of the molecule is CCN(CC)CCCOc1cnc2[nH]cc(Cc3ccc(N)nc3)c2c1. The predicted molar refractivity (Wildman–Crippen MR) is 105 cm³/mol. The van der Waals surface area contributed by atoms with E-state index in [9.17, 15) is 0 Å². The molecule has 6 heteroatoms. The van der Waals surface area contributed by atoms with Crippen LogP contribution in [-0.2, 0) is 6.42 Å². The van der Waals surface area contributed by atoms with E-state index in [2.05, 4.69) is 39.8 Å². The van der Waals surface area contributed by atoms with Crippen molar-refractivity contribution in [2.75, 3.05) is 32.0 Å². The molecule has 26 heavy (non-hydrogen) atoms. The maximum atomic E-state index is 5.91. The van der Waals surface area contributed by atoms with Gasteiger partial charge in [-0.15, -0.1) is 0 Å². The maximum Gasteiger partial charge on any atom is 0.138 e. The summed E-state index contributed by atoms with van der Waals surface area (Å²) in [5.41, 5.74) is 8.82. The molecule has 3 aromatic heterocycles. The first-order chi connectivity index (χ1) is 12.7. The fourth-order valence-corrected chi connectivity index (χ4v) is 3.04. The number of rotatable bonds is 9. The number of hydrogen-bond acceptors (Lipinski definition) is 5. The van der Waals surface area contributed by atoms with Crippen molar-refractivity contribution in [2.45, 2.75) is 26.7 Å². The second kappa shape index (κ2) is 8.67. The monoisotopic (exact) mass is 353 g/mol. The lowest BCUT2D eigenvalue weighted by Crippen LogP contribution is -2.25. The van der Waals surface area contributed by atoms with Gasteiger partial charge in [-0.05, 0) is 42.8 Å². The van der Waals surface area contributed by atoms with Gasteiger partial charge in [-0.25, -0.2) is 9.97 Å². The highest BCUT2D eigenvalue weighted by Crippen LogP contribution is 2.24. The zero-order valence-electron chi connectivity index (χ0n) is 15.5. The van der Waals surface area contributed by atoms with Crippen LogP contribution in [0.5, 0.6) is 5.75 Å². The fraction of sp³-hybridized carbons (Fsp3) is 0.400. The minimum atomic E-state index is 0.537. The van der Waals surface area contributed by atoms with Crippen LogP contribution in [0.15, 0.2) is 36.8 Å². The van der Waals surface area contributed by atoms with Crippen LogP contribution in [0.1, 0.15) is 31.4 Å². The quantitative estimate of drug-likeness (QED) is 0.577. The molecule has 3 heterocycles. The number of nitrogens with one attached hydrogen (secondary N) is 1. The molecule has 0 aliphatic heterocycles. The van der Waals surface area contributed by atoms with Gasteiger partial charge in [0.1, 0.15) is 17.2 Å². The van der Waals surface area contributed by atoms with Crippen LogP contribution in [0.4, 0.5) is 5.82 Å². The second-order valence-electron chi connectivity index (χ2n) is 6.38. The molecule has 0 saturated carbocycles. The lowest BCUT2D eigenvalue weighted by atomic mass is 10.1. The van der Waals surface area contributed by atoms with Gasteiger partial charge in [0.2, 0.25) is 0 Å². The molecule has 138 valence electrons. The first kappa shape index (κ1) is 18.2. The number of aromatic nitrogens is 3. The molecule has 0 aromatic carbocycles. The highest BCUT2D eigenvalue weighted by atomic mass is 16.5. The molecule has 0 atom stereocenters. The van der Waals surface area contributed by atoms with E-state index in [1.165, 1.54) is 5.56 Å². The summed E-state index contributed by atoms with van der Waals surface area (Å²) < 4.78 is 5.91. The first-order valence-corrected chi connectivity index (χ1v) is 9.21. The number of pyridine rings is 2. The molecule has 0 saturated heterocycles. The van der Waals surface area contributed by atoms with Crippen molar-refractivity contribution in [2.24, 2.45) is 0 Å². The number of H-pyrrole nitrogens is 1. The number of ether oxygens (including phenoxy) is 1. The largest absolute Gasteiger partial charge is 0.492 e. The van der Waals surface area contributed by atoms with Crippen LogP contribution < -0.4 is 10.5 Å². The Kier molecular flexibility index (Phi) is 6.07. The molecule has 0 fully saturated rings. The predicted octanol–water partition coefficient (Wildman–Crippen LogP) is 3.24. The third-order valence-electron chi connectivity index (χ3n) is 4.62. The van der Waals surface area contributed by atoms with Gasteiger partial charge < -0.3 is 20.4 Å². The zero-order chi connectivity index (χ0) is 18.4. The van der Waals surface area contributed by atoms with E-state index < -0.39 is 0 Å². The number of anilines is 1. The van der Waals surface area contributed by atoms with E-state index in [-0.39, 0.29) is 0 Å². The molecule has 3 rings (SSSR count). The molecule has 3 N–H and O–H groups in total. The Bertz CT molecular complexity index is 824. The normalized spacial score (nSPS) is 11.3. The van der Waals surface area contributed by atoms with Crippen molar-refractivity contribution in [3.63, 3.8) is 0 Å². The lowest BCUT2D eigenvalue weighted by molar-refractivity contribution is 0.249. The highest BCUT2D eigenvalue weighted by Gasteiger charge is 2.08. The minimum absolute atomic E-state index is 0.537. The number of nitrogens with zero attached hydrogens (tertiary/aromatic N) is 3. The maximum absolute atomic E-state index is 5.91. The van der Waals surface area contributed by atoms with Gasteiger partial charge in [0.25, 0.3) is 0 Å². The Morgan fingerprint density at radius 1 is 1.15 bits per heavy atom. The van der Waals surface area contributed by atoms with E-state index in [0.717, 1.165) is 54.8 Å². The van der Waals surface area contributed by atoms with E-state index >= 15 is 0 Å². The number of fused-ring (bicyclic) bond motifs is 1. The van der Waals surface area contributed by atoms with Gasteiger partial charge in [0.15, 0.2) is 0 Å². The van der Waals surface area contributed by atoms with Crippen molar-refractivity contribution in [3.8, 4) is 5.75 Å². The topological polar surface area (TPSA) is 80.1 Å². The summed E-state index contributed by atoms with van der Waals surface area (Å²) in [4.78, 5) is 14.3. The third-order valence-corrected chi connectivity index (χ3v) is 4.62. The van der Waals surface area contributed by atoms with Gasteiger partial charge in [0, 0.05) is 30.7 Å². The number of nitrogen functional groups attached to an aromatic ring is 1. The van der Waals surface area contributed by atoms with Crippen molar-refractivity contribution in [1.82, 2.24) is 19.9 Å². The Balaban J connectivity index is 1.65. The van der Waals surface area contributed by atoms with Gasteiger partial charge in [-0.1, -0.05) is 19.9 Å². The van der Waals surface area contributed by atoms with Crippen LogP contribution >= 0.6 is 0 Å². The van der Waals surface area contributed by atoms with Crippen molar-refractivity contribution >= 4 is 16.9 Å². The Morgan fingerprint density at radius 3 is 2.73 bits per heavy atom. The summed E-state index contributed by atoms with van der Waals surface area (Å²) in [5, 5.41) is 1.09. The van der Waals surface area contributed by atoms with Gasteiger partial charge >= 0.3 is 0 Å². The summed E-state index contributed by atoms with van der Waals surface area (Å²) in [6, 6.07) is 5.89. The first-order valence-electron chi connectivity index (χ1n) is 9.21. The van der Waals surface area contributed by atoms with E-state index in [1.54, 1.807) is 6.20 Å². The molecule has 6 nitrogen and oxygen atoms in total. The average Bonchev–Trinajstić information content (AvgIpc) is 3.06. The summed E-state index contributed by atoms with van der Waals surface area (Å²) in [5.74, 6) is 1.35. The third kappa shape index (κ3) is 4.52. The van der Waals surface area contributed by atoms with Crippen LogP contribution in [0.25, 0.3) is 11.0 Å². The Morgan fingerprint density at radius 2 is 2.00 bits per heavy atom. The summed E-state index contributed by atoms with van der Waals surface area (Å²) in [6.07, 6.45) is 7.38. The van der Waals surface area contributed by atoms with Crippen LogP contribution in [0.2, 0.25) is 0 Å². The smallest absolute Gasteiger partial charge is 0.138 e. The van der Waals surface area contributed by atoms with E-state index in [4.69, 9.17) is 10.5 Å². The molecule has 3 aromatic rings.